The molecule has 0 saturated carbocycles. The van der Waals surface area contributed by atoms with Gasteiger partial charge in [0.05, 0.1) is 12.2 Å². The SMILES string of the molecule is CCOC(=O)c1[nH]c(C)c(C(=O)OCC(=O)Nc2ccc3c(c2)OCO3)c1C. The molecule has 148 valence electrons. The number of aryl methyl sites for hydroxylation is 1. The van der Waals surface area contributed by atoms with Crippen LogP contribution in [0.3, 0.4) is 0 Å². The fraction of sp³-hybridized carbons (Fsp3) is 0.316. The Morgan fingerprint density at radius 1 is 1.11 bits per heavy atom. The van der Waals surface area contributed by atoms with E-state index in [1.807, 2.05) is 0 Å². The normalized spacial score (nSPS) is 11.8. The summed E-state index contributed by atoms with van der Waals surface area (Å²) in [6.07, 6.45) is 0. The number of carbonyl (C=O) groups excluding carboxylic acids is 3. The Bertz CT molecular complexity index is 933. The second-order valence-electron chi connectivity index (χ2n) is 6.04. The Balaban J connectivity index is 1.61. The molecule has 2 heterocycles. The van der Waals surface area contributed by atoms with Gasteiger partial charge in [0, 0.05) is 17.4 Å². The molecule has 3 rings (SSSR count). The van der Waals surface area contributed by atoms with Crippen LogP contribution in [0, 0.1) is 13.8 Å². The van der Waals surface area contributed by atoms with Crippen LogP contribution in [-0.4, -0.2) is 42.8 Å². The van der Waals surface area contributed by atoms with Crippen molar-refractivity contribution >= 4 is 23.5 Å². The minimum atomic E-state index is -0.706. The van der Waals surface area contributed by atoms with E-state index in [9.17, 15) is 14.4 Å². The van der Waals surface area contributed by atoms with Crippen LogP contribution in [-0.2, 0) is 14.3 Å². The number of fused-ring (bicyclic) bond motifs is 1. The molecule has 0 atom stereocenters. The van der Waals surface area contributed by atoms with Crippen molar-refractivity contribution in [2.45, 2.75) is 20.8 Å². The molecule has 0 unspecified atom stereocenters. The van der Waals surface area contributed by atoms with Crippen molar-refractivity contribution in [3.05, 3.63) is 40.7 Å². The van der Waals surface area contributed by atoms with Crippen LogP contribution < -0.4 is 14.8 Å². The Kier molecular flexibility index (Phi) is 5.53. The van der Waals surface area contributed by atoms with Crippen molar-refractivity contribution in [2.24, 2.45) is 0 Å². The summed E-state index contributed by atoms with van der Waals surface area (Å²) in [5.74, 6) is -0.644. The highest BCUT2D eigenvalue weighted by Crippen LogP contribution is 2.34. The summed E-state index contributed by atoms with van der Waals surface area (Å²) in [4.78, 5) is 39.2. The summed E-state index contributed by atoms with van der Waals surface area (Å²) in [5, 5.41) is 2.61. The van der Waals surface area contributed by atoms with E-state index in [0.29, 0.717) is 28.4 Å². The molecule has 1 aromatic heterocycles. The summed E-state index contributed by atoms with van der Waals surface area (Å²) >= 11 is 0. The van der Waals surface area contributed by atoms with Crippen LogP contribution in [0.2, 0.25) is 0 Å². The fourth-order valence-electron chi connectivity index (χ4n) is 2.84. The minimum Gasteiger partial charge on any atom is -0.461 e. The number of rotatable bonds is 6. The summed E-state index contributed by atoms with van der Waals surface area (Å²) in [5.41, 5.74) is 1.76. The first-order chi connectivity index (χ1) is 13.4. The number of anilines is 1. The zero-order valence-electron chi connectivity index (χ0n) is 15.7. The number of aromatic nitrogens is 1. The van der Waals surface area contributed by atoms with Crippen LogP contribution >= 0.6 is 0 Å². The van der Waals surface area contributed by atoms with Crippen molar-refractivity contribution in [2.75, 3.05) is 25.3 Å². The van der Waals surface area contributed by atoms with Crippen LogP contribution in [0.1, 0.15) is 39.0 Å². The van der Waals surface area contributed by atoms with Gasteiger partial charge in [0.15, 0.2) is 18.1 Å². The number of hydrogen-bond acceptors (Lipinski definition) is 7. The first-order valence-corrected chi connectivity index (χ1v) is 8.63. The smallest absolute Gasteiger partial charge is 0.355 e. The Hall–Kier alpha value is -3.49. The van der Waals surface area contributed by atoms with E-state index in [1.54, 1.807) is 39.0 Å². The van der Waals surface area contributed by atoms with Crippen molar-refractivity contribution in [3.63, 3.8) is 0 Å². The lowest BCUT2D eigenvalue weighted by Crippen LogP contribution is -2.21. The predicted molar refractivity (Wildman–Crippen MR) is 97.7 cm³/mol. The zero-order chi connectivity index (χ0) is 20.3. The monoisotopic (exact) mass is 388 g/mol. The number of hydrogen-bond donors (Lipinski definition) is 2. The zero-order valence-corrected chi connectivity index (χ0v) is 15.7. The summed E-state index contributed by atoms with van der Waals surface area (Å²) < 4.78 is 20.5. The van der Waals surface area contributed by atoms with Gasteiger partial charge >= 0.3 is 11.9 Å². The van der Waals surface area contributed by atoms with Gasteiger partial charge in [-0.05, 0) is 38.5 Å². The first-order valence-electron chi connectivity index (χ1n) is 8.63. The molecule has 9 heteroatoms. The van der Waals surface area contributed by atoms with Gasteiger partial charge in [0.1, 0.15) is 5.69 Å². The Morgan fingerprint density at radius 3 is 2.61 bits per heavy atom. The standard InChI is InChI=1S/C19H20N2O7/c1-4-25-19(24)17-10(2)16(11(3)20-17)18(23)26-8-15(22)21-12-5-6-13-14(7-12)28-9-27-13/h5-7,20H,4,8-9H2,1-3H3,(H,21,22). The van der Waals surface area contributed by atoms with Crippen LogP contribution in [0.25, 0.3) is 0 Å². The highest BCUT2D eigenvalue weighted by molar-refractivity contribution is 6.00. The quantitative estimate of drug-likeness (QED) is 0.730. The summed E-state index contributed by atoms with van der Waals surface area (Å²) in [6, 6.07) is 4.95. The van der Waals surface area contributed by atoms with E-state index in [2.05, 4.69) is 10.3 Å². The molecule has 0 fully saturated rings. The molecule has 2 N–H and O–H groups in total. The van der Waals surface area contributed by atoms with Gasteiger partial charge in [0.25, 0.3) is 5.91 Å². The molecule has 1 aliphatic rings. The molecule has 2 aromatic rings. The number of esters is 2. The number of aromatic amines is 1. The van der Waals surface area contributed by atoms with Gasteiger partial charge in [-0.15, -0.1) is 0 Å². The first kappa shape index (κ1) is 19.3. The molecule has 0 spiro atoms. The Labute approximate surface area is 160 Å². The van der Waals surface area contributed by atoms with E-state index in [4.69, 9.17) is 18.9 Å². The predicted octanol–water partition coefficient (Wildman–Crippen LogP) is 2.33. The summed E-state index contributed by atoms with van der Waals surface area (Å²) in [6.45, 7) is 4.81. The molecule has 0 saturated heterocycles. The van der Waals surface area contributed by atoms with Gasteiger partial charge in [-0.2, -0.15) is 0 Å². The third kappa shape index (κ3) is 3.93. The van der Waals surface area contributed by atoms with Gasteiger partial charge < -0.3 is 29.2 Å². The highest BCUT2D eigenvalue weighted by Gasteiger charge is 2.24. The molecule has 0 aliphatic carbocycles. The molecule has 9 nitrogen and oxygen atoms in total. The van der Waals surface area contributed by atoms with E-state index < -0.39 is 24.5 Å². The molecule has 1 aliphatic heterocycles. The van der Waals surface area contributed by atoms with Gasteiger partial charge in [-0.1, -0.05) is 0 Å². The van der Waals surface area contributed by atoms with Crippen molar-refractivity contribution in [1.29, 1.82) is 0 Å². The average Bonchev–Trinajstić information content (AvgIpc) is 3.23. The maximum Gasteiger partial charge on any atom is 0.355 e. The van der Waals surface area contributed by atoms with E-state index in [0.717, 1.165) is 0 Å². The van der Waals surface area contributed by atoms with Crippen molar-refractivity contribution in [1.82, 2.24) is 4.98 Å². The second kappa shape index (κ2) is 8.03. The molecule has 1 amide bonds. The van der Waals surface area contributed by atoms with E-state index >= 15 is 0 Å². The lowest BCUT2D eigenvalue weighted by molar-refractivity contribution is -0.119. The van der Waals surface area contributed by atoms with Gasteiger partial charge in [-0.3, -0.25) is 4.79 Å². The number of carbonyl (C=O) groups is 3. The maximum atomic E-state index is 12.4. The second-order valence-corrected chi connectivity index (χ2v) is 6.04. The average molecular weight is 388 g/mol. The lowest BCUT2D eigenvalue weighted by Gasteiger charge is -2.08. The fourth-order valence-corrected chi connectivity index (χ4v) is 2.84. The third-order valence-corrected chi connectivity index (χ3v) is 4.11. The van der Waals surface area contributed by atoms with E-state index in [-0.39, 0.29) is 24.7 Å². The number of benzene rings is 1. The van der Waals surface area contributed by atoms with Crippen molar-refractivity contribution in [3.8, 4) is 11.5 Å². The minimum absolute atomic E-state index is 0.132. The number of H-pyrrole nitrogens is 1. The number of nitrogens with one attached hydrogen (secondary N) is 2. The maximum absolute atomic E-state index is 12.4. The largest absolute Gasteiger partial charge is 0.461 e. The van der Waals surface area contributed by atoms with Crippen LogP contribution in [0.4, 0.5) is 5.69 Å². The van der Waals surface area contributed by atoms with E-state index in [1.165, 1.54) is 0 Å². The molecule has 28 heavy (non-hydrogen) atoms. The number of amides is 1. The Morgan fingerprint density at radius 2 is 1.86 bits per heavy atom. The number of ether oxygens (including phenoxy) is 4. The van der Waals surface area contributed by atoms with Crippen LogP contribution in [0.5, 0.6) is 11.5 Å². The van der Waals surface area contributed by atoms with Crippen molar-refractivity contribution < 1.29 is 33.3 Å². The topological polar surface area (TPSA) is 116 Å². The summed E-state index contributed by atoms with van der Waals surface area (Å²) in [7, 11) is 0. The molecular formula is C19H20N2O7. The van der Waals surface area contributed by atoms with Gasteiger partial charge in [0.2, 0.25) is 6.79 Å². The van der Waals surface area contributed by atoms with Gasteiger partial charge in [-0.25, -0.2) is 9.59 Å². The molecular weight excluding hydrogens is 368 g/mol. The third-order valence-electron chi connectivity index (χ3n) is 4.11. The highest BCUT2D eigenvalue weighted by atomic mass is 16.7. The molecule has 1 aromatic carbocycles. The molecule has 0 radical (unpaired) electrons. The van der Waals surface area contributed by atoms with Crippen LogP contribution in [0.15, 0.2) is 18.2 Å². The molecule has 0 bridgehead atoms. The lowest BCUT2D eigenvalue weighted by atomic mass is 10.1.